The third kappa shape index (κ3) is 2.71. The summed E-state index contributed by atoms with van der Waals surface area (Å²) in [6.07, 6.45) is 11.5. The van der Waals surface area contributed by atoms with Crippen LogP contribution < -0.4 is 0 Å². The van der Waals surface area contributed by atoms with Gasteiger partial charge in [-0.2, -0.15) is 0 Å². The maximum Gasteiger partial charge on any atom is 0.0165 e. The lowest BCUT2D eigenvalue weighted by Gasteiger charge is -2.15. The molecule has 0 amide bonds. The zero-order valence-electron chi connectivity index (χ0n) is 9.26. The van der Waals surface area contributed by atoms with Crippen LogP contribution in [0.15, 0.2) is 23.3 Å². The van der Waals surface area contributed by atoms with Crippen molar-refractivity contribution < 1.29 is 0 Å². The number of rotatable bonds is 2. The van der Waals surface area contributed by atoms with Crippen LogP contribution >= 0.6 is 0 Å². The maximum atomic E-state index is 2.57. The average molecular weight is 191 g/mol. The Labute approximate surface area is 87.5 Å². The Morgan fingerprint density at radius 3 is 2.71 bits per heavy atom. The summed E-state index contributed by atoms with van der Waals surface area (Å²) in [6.45, 7) is 6.08. The second kappa shape index (κ2) is 4.79. The molecular formula is C13H21N. The lowest BCUT2D eigenvalue weighted by molar-refractivity contribution is 0.376. The van der Waals surface area contributed by atoms with E-state index in [-0.39, 0.29) is 0 Å². The highest BCUT2D eigenvalue weighted by Gasteiger charge is 2.10. The Balaban J connectivity index is 1.80. The predicted octanol–water partition coefficient (Wildman–Crippen LogP) is 3.14. The van der Waals surface area contributed by atoms with Gasteiger partial charge in [-0.25, -0.2) is 0 Å². The smallest absolute Gasteiger partial charge is 0.0165 e. The molecule has 0 radical (unpaired) electrons. The van der Waals surface area contributed by atoms with E-state index in [1.54, 1.807) is 11.1 Å². The molecule has 2 rings (SSSR count). The van der Waals surface area contributed by atoms with E-state index >= 15 is 0 Å². The van der Waals surface area contributed by atoms with Crippen LogP contribution in [0, 0.1) is 0 Å². The molecule has 0 saturated carbocycles. The summed E-state index contributed by atoms with van der Waals surface area (Å²) in [5.74, 6) is 0. The monoisotopic (exact) mass is 191 g/mol. The normalized spacial score (nSPS) is 26.9. The number of hydrogen-bond donors (Lipinski definition) is 0. The molecule has 1 heterocycles. The van der Waals surface area contributed by atoms with Gasteiger partial charge in [0, 0.05) is 6.54 Å². The van der Waals surface area contributed by atoms with Crippen molar-refractivity contribution in [3.05, 3.63) is 23.3 Å². The lowest BCUT2D eigenvalue weighted by atomic mass is 9.95. The Hall–Kier alpha value is -0.560. The Kier molecular flexibility index (Phi) is 3.41. The Bertz CT molecular complexity index is 244. The van der Waals surface area contributed by atoms with Gasteiger partial charge in [0.25, 0.3) is 0 Å². The topological polar surface area (TPSA) is 3.24 Å². The summed E-state index contributed by atoms with van der Waals surface area (Å²) in [7, 11) is 0. The molecule has 0 N–H and O–H groups in total. The Morgan fingerprint density at radius 1 is 1.29 bits per heavy atom. The van der Waals surface area contributed by atoms with Crippen LogP contribution in [-0.2, 0) is 0 Å². The van der Waals surface area contributed by atoms with Crippen molar-refractivity contribution in [1.82, 2.24) is 4.90 Å². The van der Waals surface area contributed by atoms with E-state index < -0.39 is 0 Å². The summed E-state index contributed by atoms with van der Waals surface area (Å²) in [4.78, 5) is 2.57. The molecule has 0 atom stereocenters. The zero-order valence-corrected chi connectivity index (χ0v) is 9.26. The molecular weight excluding hydrogens is 170 g/mol. The average Bonchev–Trinajstić information content (AvgIpc) is 2.70. The molecule has 0 unspecified atom stereocenters. The highest BCUT2D eigenvalue weighted by molar-refractivity contribution is 5.18. The van der Waals surface area contributed by atoms with Gasteiger partial charge in [-0.05, 0) is 52.1 Å². The van der Waals surface area contributed by atoms with Gasteiger partial charge in [-0.1, -0.05) is 23.3 Å². The largest absolute Gasteiger partial charge is 0.300 e. The molecule has 0 aromatic heterocycles. The van der Waals surface area contributed by atoms with Crippen molar-refractivity contribution in [3.8, 4) is 0 Å². The first kappa shape index (κ1) is 9.97. The fourth-order valence-electron chi connectivity index (χ4n) is 2.28. The minimum Gasteiger partial charge on any atom is -0.300 e. The first-order valence-corrected chi connectivity index (χ1v) is 5.90. The van der Waals surface area contributed by atoms with Crippen LogP contribution in [0.1, 0.15) is 39.0 Å². The van der Waals surface area contributed by atoms with Crippen molar-refractivity contribution in [2.24, 2.45) is 0 Å². The number of likely N-dealkylation sites (tertiary alicyclic amines) is 1. The molecule has 0 bridgehead atoms. The van der Waals surface area contributed by atoms with Gasteiger partial charge in [-0.3, -0.25) is 4.90 Å². The summed E-state index contributed by atoms with van der Waals surface area (Å²) in [6, 6.07) is 0. The molecule has 1 saturated heterocycles. The van der Waals surface area contributed by atoms with Crippen LogP contribution in [0.4, 0.5) is 0 Å². The van der Waals surface area contributed by atoms with Crippen LogP contribution in [0.5, 0.6) is 0 Å². The molecule has 1 fully saturated rings. The third-order valence-corrected chi connectivity index (χ3v) is 3.39. The molecule has 1 heteroatoms. The maximum absolute atomic E-state index is 2.57. The molecule has 1 aliphatic heterocycles. The highest BCUT2D eigenvalue weighted by Crippen LogP contribution is 2.22. The van der Waals surface area contributed by atoms with Crippen LogP contribution in [-0.4, -0.2) is 24.5 Å². The van der Waals surface area contributed by atoms with Crippen molar-refractivity contribution >= 4 is 0 Å². The van der Waals surface area contributed by atoms with E-state index in [9.17, 15) is 0 Å². The molecule has 0 aromatic carbocycles. The number of allylic oxidation sites excluding steroid dienone is 3. The quantitative estimate of drug-likeness (QED) is 0.606. The predicted molar refractivity (Wildman–Crippen MR) is 61.4 cm³/mol. The fraction of sp³-hybridized carbons (Fsp3) is 0.692. The molecule has 0 aromatic rings. The molecule has 14 heavy (non-hydrogen) atoms. The lowest BCUT2D eigenvalue weighted by Crippen LogP contribution is -2.19. The molecule has 1 nitrogen and oxygen atoms in total. The van der Waals surface area contributed by atoms with Gasteiger partial charge in [0.2, 0.25) is 0 Å². The van der Waals surface area contributed by atoms with Gasteiger partial charge >= 0.3 is 0 Å². The zero-order chi connectivity index (χ0) is 9.80. The highest BCUT2D eigenvalue weighted by atomic mass is 15.1. The minimum atomic E-state index is 1.20. The minimum absolute atomic E-state index is 1.20. The molecule has 78 valence electrons. The summed E-state index contributed by atoms with van der Waals surface area (Å²) >= 11 is 0. The van der Waals surface area contributed by atoms with Gasteiger partial charge < -0.3 is 0 Å². The number of nitrogens with zero attached hydrogens (tertiary/aromatic N) is 1. The van der Waals surface area contributed by atoms with Crippen LogP contribution in [0.3, 0.4) is 0 Å². The van der Waals surface area contributed by atoms with Crippen LogP contribution in [0.2, 0.25) is 0 Å². The molecule has 1 aliphatic carbocycles. The van der Waals surface area contributed by atoms with Crippen molar-refractivity contribution in [1.29, 1.82) is 0 Å². The van der Waals surface area contributed by atoms with Gasteiger partial charge in [-0.15, -0.1) is 0 Å². The first-order valence-electron chi connectivity index (χ1n) is 5.90. The second-order valence-electron chi connectivity index (χ2n) is 4.62. The SMILES string of the molecule is CC1=CC/C(=C\CN2CCCC2)CC1. The van der Waals surface area contributed by atoms with Gasteiger partial charge in [0.05, 0.1) is 0 Å². The fourth-order valence-corrected chi connectivity index (χ4v) is 2.28. The van der Waals surface area contributed by atoms with Gasteiger partial charge in [0.15, 0.2) is 0 Å². The summed E-state index contributed by atoms with van der Waals surface area (Å²) in [5, 5.41) is 0. The van der Waals surface area contributed by atoms with Crippen LogP contribution in [0.25, 0.3) is 0 Å². The first-order chi connectivity index (χ1) is 6.84. The standard InChI is InChI=1S/C13H21N/c1-12-4-6-13(7-5-12)8-11-14-9-2-3-10-14/h4,8H,2-3,5-7,9-11H2,1H3/b13-8+. The van der Waals surface area contributed by atoms with Crippen molar-refractivity contribution in [3.63, 3.8) is 0 Å². The summed E-state index contributed by atoms with van der Waals surface area (Å²) in [5.41, 5.74) is 3.23. The third-order valence-electron chi connectivity index (χ3n) is 3.39. The van der Waals surface area contributed by atoms with E-state index in [2.05, 4.69) is 24.0 Å². The molecule has 0 spiro atoms. The number of hydrogen-bond acceptors (Lipinski definition) is 1. The van der Waals surface area contributed by atoms with E-state index in [4.69, 9.17) is 0 Å². The summed E-state index contributed by atoms with van der Waals surface area (Å²) < 4.78 is 0. The van der Waals surface area contributed by atoms with Crippen molar-refractivity contribution in [2.75, 3.05) is 19.6 Å². The second-order valence-corrected chi connectivity index (χ2v) is 4.62. The van der Waals surface area contributed by atoms with Crippen molar-refractivity contribution in [2.45, 2.75) is 39.0 Å². The molecule has 2 aliphatic rings. The van der Waals surface area contributed by atoms with E-state index in [1.807, 2.05) is 0 Å². The van der Waals surface area contributed by atoms with Gasteiger partial charge in [0.1, 0.15) is 0 Å². The van der Waals surface area contributed by atoms with E-state index in [0.29, 0.717) is 0 Å². The Morgan fingerprint density at radius 2 is 2.07 bits per heavy atom. The van der Waals surface area contributed by atoms with E-state index in [1.165, 1.54) is 51.7 Å². The van der Waals surface area contributed by atoms with E-state index in [0.717, 1.165) is 0 Å².